The highest BCUT2D eigenvalue weighted by molar-refractivity contribution is 7.99. The Labute approximate surface area is 135 Å². The van der Waals surface area contributed by atoms with Crippen LogP contribution in [0.4, 0.5) is 0 Å². The molecular formula is C15H26N4S2. The summed E-state index contributed by atoms with van der Waals surface area (Å²) in [5.74, 6) is 1.10. The minimum atomic E-state index is 0.902. The van der Waals surface area contributed by atoms with Crippen molar-refractivity contribution in [2.75, 3.05) is 31.9 Å². The molecule has 0 aliphatic heterocycles. The molecule has 4 nitrogen and oxygen atoms in total. The summed E-state index contributed by atoms with van der Waals surface area (Å²) in [5, 5.41) is 6.80. The van der Waals surface area contributed by atoms with Gasteiger partial charge >= 0.3 is 0 Å². The van der Waals surface area contributed by atoms with Gasteiger partial charge in [0, 0.05) is 30.4 Å². The lowest BCUT2D eigenvalue weighted by Gasteiger charge is -2.17. The molecule has 0 spiro atoms. The summed E-state index contributed by atoms with van der Waals surface area (Å²) in [7, 11) is 0. The molecule has 21 heavy (non-hydrogen) atoms. The first-order chi connectivity index (χ1) is 10.3. The van der Waals surface area contributed by atoms with Gasteiger partial charge in [-0.05, 0) is 26.1 Å². The van der Waals surface area contributed by atoms with E-state index in [0.29, 0.717) is 0 Å². The molecule has 0 saturated carbocycles. The number of thioether (sulfide) groups is 1. The quantitative estimate of drug-likeness (QED) is 0.536. The van der Waals surface area contributed by atoms with Crippen LogP contribution in [0.15, 0.2) is 16.6 Å². The molecule has 0 aliphatic carbocycles. The molecule has 118 valence electrons. The lowest BCUT2D eigenvalue weighted by molar-refractivity contribution is 0.324. The van der Waals surface area contributed by atoms with Crippen LogP contribution in [-0.4, -0.2) is 46.2 Å². The van der Waals surface area contributed by atoms with Gasteiger partial charge in [-0.1, -0.05) is 20.8 Å². The molecule has 0 atom stereocenters. The largest absolute Gasteiger partial charge is 0.311 e. The average molecular weight is 327 g/mol. The van der Waals surface area contributed by atoms with E-state index >= 15 is 0 Å². The van der Waals surface area contributed by atoms with E-state index in [0.717, 1.165) is 49.9 Å². The van der Waals surface area contributed by atoms with E-state index in [-0.39, 0.29) is 0 Å². The number of aromatic nitrogens is 2. The maximum atomic E-state index is 4.79. The number of nitrogens with one attached hydrogen (secondary N) is 1. The van der Waals surface area contributed by atoms with Gasteiger partial charge < -0.3 is 10.2 Å². The minimum Gasteiger partial charge on any atom is -0.311 e. The highest BCUT2D eigenvalue weighted by atomic mass is 32.2. The van der Waals surface area contributed by atoms with Crippen LogP contribution in [0.1, 0.15) is 32.9 Å². The van der Waals surface area contributed by atoms with Gasteiger partial charge in [0.05, 0.1) is 5.69 Å². The van der Waals surface area contributed by atoms with E-state index in [1.165, 1.54) is 10.7 Å². The number of nitrogens with zero attached hydrogens (tertiary/aromatic N) is 3. The first-order valence-electron chi connectivity index (χ1n) is 7.80. The first kappa shape index (κ1) is 16.8. The molecule has 0 bridgehead atoms. The average Bonchev–Trinajstić information content (AvgIpc) is 3.06. The summed E-state index contributed by atoms with van der Waals surface area (Å²) in [6.45, 7) is 12.0. The third-order valence-corrected chi connectivity index (χ3v) is 5.33. The van der Waals surface area contributed by atoms with Crippen molar-refractivity contribution in [3.8, 4) is 0 Å². The highest BCUT2D eigenvalue weighted by Gasteiger charge is 2.13. The van der Waals surface area contributed by atoms with E-state index in [2.05, 4.69) is 47.0 Å². The Hall–Kier alpha value is -0.560. The molecular weight excluding hydrogens is 300 g/mol. The van der Waals surface area contributed by atoms with Gasteiger partial charge in [0.2, 0.25) is 0 Å². The monoisotopic (exact) mass is 326 g/mol. The standard InChI is InChI=1S/C15H26N4S2/c1-4-7-16-12-13-14(17-15-19(13)9-11-21-15)20-10-8-18(5-2)6-3/h9,11,16H,4-8,10,12H2,1-3H3. The molecule has 0 fully saturated rings. The third kappa shape index (κ3) is 4.45. The predicted octanol–water partition coefficient (Wildman–Crippen LogP) is 3.33. The lowest BCUT2D eigenvalue weighted by atomic mass is 10.4. The Bertz CT molecular complexity index is 531. The molecule has 0 saturated heterocycles. The number of hydrogen-bond donors (Lipinski definition) is 1. The van der Waals surface area contributed by atoms with Crippen LogP contribution >= 0.6 is 23.1 Å². The van der Waals surface area contributed by atoms with E-state index < -0.39 is 0 Å². The number of fused-ring (bicyclic) bond motifs is 1. The third-order valence-electron chi connectivity index (χ3n) is 3.58. The van der Waals surface area contributed by atoms with Gasteiger partial charge in [-0.15, -0.1) is 23.1 Å². The molecule has 0 radical (unpaired) electrons. The van der Waals surface area contributed by atoms with E-state index in [1.807, 2.05) is 11.8 Å². The Morgan fingerprint density at radius 3 is 2.86 bits per heavy atom. The minimum absolute atomic E-state index is 0.902. The van der Waals surface area contributed by atoms with Crippen LogP contribution in [0.2, 0.25) is 0 Å². The van der Waals surface area contributed by atoms with Gasteiger partial charge in [-0.25, -0.2) is 4.98 Å². The SMILES string of the molecule is CCCNCc1c(SCCN(CC)CC)nc2sccn12. The van der Waals surface area contributed by atoms with Gasteiger partial charge in [0.15, 0.2) is 4.96 Å². The Morgan fingerprint density at radius 1 is 1.33 bits per heavy atom. The molecule has 2 aromatic rings. The highest BCUT2D eigenvalue weighted by Crippen LogP contribution is 2.26. The number of hydrogen-bond acceptors (Lipinski definition) is 5. The van der Waals surface area contributed by atoms with E-state index in [1.54, 1.807) is 11.3 Å². The van der Waals surface area contributed by atoms with Crippen molar-refractivity contribution in [3.05, 3.63) is 17.3 Å². The van der Waals surface area contributed by atoms with Crippen LogP contribution in [-0.2, 0) is 6.54 Å². The van der Waals surface area contributed by atoms with Crippen molar-refractivity contribution in [1.82, 2.24) is 19.6 Å². The van der Waals surface area contributed by atoms with Crippen LogP contribution in [0, 0.1) is 0 Å². The zero-order chi connectivity index (χ0) is 15.1. The fourth-order valence-corrected chi connectivity index (χ4v) is 4.11. The molecule has 6 heteroatoms. The molecule has 2 rings (SSSR count). The number of rotatable bonds is 10. The molecule has 2 aromatic heterocycles. The summed E-state index contributed by atoms with van der Waals surface area (Å²) >= 11 is 3.60. The maximum absolute atomic E-state index is 4.79. The fourth-order valence-electron chi connectivity index (χ4n) is 2.28. The smallest absolute Gasteiger partial charge is 0.194 e. The summed E-state index contributed by atoms with van der Waals surface area (Å²) in [5.41, 5.74) is 1.31. The van der Waals surface area contributed by atoms with E-state index in [9.17, 15) is 0 Å². The lowest BCUT2D eigenvalue weighted by Crippen LogP contribution is -2.25. The van der Waals surface area contributed by atoms with Gasteiger partial charge in [0.25, 0.3) is 0 Å². The second-order valence-electron chi connectivity index (χ2n) is 4.97. The summed E-state index contributed by atoms with van der Waals surface area (Å²) in [6.07, 6.45) is 3.29. The van der Waals surface area contributed by atoms with Gasteiger partial charge in [0.1, 0.15) is 5.03 Å². The molecule has 2 heterocycles. The maximum Gasteiger partial charge on any atom is 0.194 e. The molecule has 0 aromatic carbocycles. The second kappa shape index (κ2) is 8.78. The zero-order valence-corrected chi connectivity index (χ0v) is 14.9. The normalized spacial score (nSPS) is 11.8. The first-order valence-corrected chi connectivity index (χ1v) is 9.66. The predicted molar refractivity (Wildman–Crippen MR) is 93.6 cm³/mol. The molecule has 0 amide bonds. The molecule has 0 unspecified atom stereocenters. The Balaban J connectivity index is 2.00. The van der Waals surface area contributed by atoms with Gasteiger partial charge in [-0.3, -0.25) is 4.40 Å². The van der Waals surface area contributed by atoms with Gasteiger partial charge in [-0.2, -0.15) is 0 Å². The second-order valence-corrected chi connectivity index (χ2v) is 6.93. The fraction of sp³-hybridized carbons (Fsp3) is 0.667. The van der Waals surface area contributed by atoms with Crippen molar-refractivity contribution in [2.45, 2.75) is 38.8 Å². The molecule has 0 aliphatic rings. The summed E-state index contributed by atoms with van der Waals surface area (Å²) in [4.78, 5) is 8.35. The van der Waals surface area contributed by atoms with Crippen molar-refractivity contribution >= 4 is 28.1 Å². The Kier molecular flexibility index (Phi) is 7.03. The topological polar surface area (TPSA) is 32.6 Å². The van der Waals surface area contributed by atoms with Crippen molar-refractivity contribution in [1.29, 1.82) is 0 Å². The van der Waals surface area contributed by atoms with Crippen molar-refractivity contribution in [3.63, 3.8) is 0 Å². The Morgan fingerprint density at radius 2 is 2.14 bits per heavy atom. The zero-order valence-electron chi connectivity index (χ0n) is 13.3. The number of imidazole rings is 1. The van der Waals surface area contributed by atoms with Crippen molar-refractivity contribution < 1.29 is 0 Å². The van der Waals surface area contributed by atoms with Crippen LogP contribution in [0.3, 0.4) is 0 Å². The van der Waals surface area contributed by atoms with Crippen LogP contribution in [0.5, 0.6) is 0 Å². The summed E-state index contributed by atoms with van der Waals surface area (Å²) < 4.78 is 2.23. The summed E-state index contributed by atoms with van der Waals surface area (Å²) in [6, 6.07) is 0. The molecule has 1 N–H and O–H groups in total. The van der Waals surface area contributed by atoms with Crippen LogP contribution < -0.4 is 5.32 Å². The van der Waals surface area contributed by atoms with Crippen LogP contribution in [0.25, 0.3) is 4.96 Å². The van der Waals surface area contributed by atoms with E-state index in [4.69, 9.17) is 4.98 Å². The van der Waals surface area contributed by atoms with Crippen molar-refractivity contribution in [2.24, 2.45) is 0 Å². The number of thiazole rings is 1.